The van der Waals surface area contributed by atoms with Crippen LogP contribution in [0.2, 0.25) is 0 Å². The molecule has 1 atom stereocenters. The van der Waals surface area contributed by atoms with E-state index < -0.39 is 0 Å². The SMILES string of the molecule is N#Cc1nccc(N2CC[C@]3(CCN(Cc4ccc(-c5nc6n(c5-c5ccccc5)COc5ccncc5-6)cc4)C3)C2)n1. The summed E-state index contributed by atoms with van der Waals surface area (Å²) >= 11 is 0. The van der Waals surface area contributed by atoms with Crippen molar-refractivity contribution in [2.45, 2.75) is 26.1 Å². The molecule has 3 aliphatic heterocycles. The fourth-order valence-electron chi connectivity index (χ4n) is 6.92. The van der Waals surface area contributed by atoms with Crippen LogP contribution in [0.25, 0.3) is 33.9 Å². The fraction of sp³-hybridized carbons (Fsp3) is 0.265. The highest BCUT2D eigenvalue weighted by Gasteiger charge is 2.43. The summed E-state index contributed by atoms with van der Waals surface area (Å²) in [5.41, 5.74) is 6.67. The molecule has 43 heavy (non-hydrogen) atoms. The Morgan fingerprint density at radius 1 is 0.884 bits per heavy atom. The number of nitrogens with zero attached hydrogens (tertiary/aromatic N) is 8. The number of benzene rings is 2. The fourth-order valence-corrected chi connectivity index (χ4v) is 6.92. The molecule has 3 aromatic heterocycles. The van der Waals surface area contributed by atoms with Crippen LogP contribution in [-0.2, 0) is 13.3 Å². The number of ether oxygens (including phenoxy) is 1. The maximum absolute atomic E-state index is 9.19. The average Bonchev–Trinajstić information content (AvgIpc) is 3.79. The lowest BCUT2D eigenvalue weighted by Gasteiger charge is -2.25. The first-order valence-corrected chi connectivity index (χ1v) is 14.7. The predicted molar refractivity (Wildman–Crippen MR) is 163 cm³/mol. The Labute approximate surface area is 250 Å². The Morgan fingerprint density at radius 2 is 1.74 bits per heavy atom. The Kier molecular flexibility index (Phi) is 6.16. The molecule has 5 aromatic rings. The number of nitriles is 1. The molecular formula is C34H30N8O. The van der Waals surface area contributed by atoms with Crippen molar-refractivity contribution in [1.82, 2.24) is 29.4 Å². The van der Waals surface area contributed by atoms with Crippen LogP contribution in [0.15, 0.2) is 85.3 Å². The van der Waals surface area contributed by atoms with E-state index in [2.05, 4.69) is 83.9 Å². The minimum atomic E-state index is 0.233. The summed E-state index contributed by atoms with van der Waals surface area (Å²) in [7, 11) is 0. The van der Waals surface area contributed by atoms with Gasteiger partial charge in [-0.05, 0) is 37.1 Å². The summed E-state index contributed by atoms with van der Waals surface area (Å²) in [6.45, 7) is 5.43. The average molecular weight is 567 g/mol. The van der Waals surface area contributed by atoms with E-state index in [-0.39, 0.29) is 11.2 Å². The summed E-state index contributed by atoms with van der Waals surface area (Å²) in [6.07, 6.45) is 7.59. The first-order valence-electron chi connectivity index (χ1n) is 14.7. The van der Waals surface area contributed by atoms with Gasteiger partial charge < -0.3 is 9.64 Å². The van der Waals surface area contributed by atoms with Crippen molar-refractivity contribution in [2.75, 3.05) is 31.1 Å². The molecule has 6 heterocycles. The highest BCUT2D eigenvalue weighted by molar-refractivity contribution is 5.83. The predicted octanol–water partition coefficient (Wildman–Crippen LogP) is 5.39. The molecule has 0 saturated carbocycles. The van der Waals surface area contributed by atoms with E-state index in [0.29, 0.717) is 6.73 Å². The molecule has 0 amide bonds. The topological polar surface area (TPSA) is 96.0 Å². The van der Waals surface area contributed by atoms with E-state index in [4.69, 9.17) is 9.72 Å². The van der Waals surface area contributed by atoms with Crippen molar-refractivity contribution in [3.63, 3.8) is 0 Å². The van der Waals surface area contributed by atoms with E-state index in [0.717, 1.165) is 84.6 Å². The standard InChI is InChI=1S/C34H30N8O/c35-18-29-37-15-11-30(38-29)41-17-13-34(22-41)12-16-40(21-34)20-24-6-8-25(9-7-24)31-32(26-4-2-1-3-5-26)42-23-43-28-10-14-36-19-27(28)33(42)39-31/h1-11,14-15,19H,12-13,16-17,20-23H2/t34-/m0/s1. The van der Waals surface area contributed by atoms with Crippen molar-refractivity contribution < 1.29 is 4.74 Å². The van der Waals surface area contributed by atoms with Crippen molar-refractivity contribution in [3.05, 3.63) is 96.7 Å². The van der Waals surface area contributed by atoms with Crippen molar-refractivity contribution in [1.29, 1.82) is 5.26 Å². The maximum atomic E-state index is 9.19. The molecule has 0 unspecified atom stereocenters. The first kappa shape index (κ1) is 25.6. The van der Waals surface area contributed by atoms with Crippen LogP contribution in [0.5, 0.6) is 5.75 Å². The molecule has 0 radical (unpaired) electrons. The third kappa shape index (κ3) is 4.60. The van der Waals surface area contributed by atoms with E-state index in [9.17, 15) is 5.26 Å². The number of imidazole rings is 1. The van der Waals surface area contributed by atoms with E-state index in [1.807, 2.05) is 24.4 Å². The minimum absolute atomic E-state index is 0.233. The highest BCUT2D eigenvalue weighted by Crippen LogP contribution is 2.43. The zero-order valence-electron chi connectivity index (χ0n) is 23.7. The Morgan fingerprint density at radius 3 is 2.60 bits per heavy atom. The Hall–Kier alpha value is -5.07. The number of fused-ring (bicyclic) bond motifs is 3. The van der Waals surface area contributed by atoms with Gasteiger partial charge in [0.25, 0.3) is 0 Å². The molecule has 3 aliphatic rings. The first-order chi connectivity index (χ1) is 21.2. The molecule has 9 heteroatoms. The molecule has 2 fully saturated rings. The second kappa shape index (κ2) is 10.3. The summed E-state index contributed by atoms with van der Waals surface area (Å²) in [5, 5.41) is 9.19. The lowest BCUT2D eigenvalue weighted by atomic mass is 9.86. The summed E-state index contributed by atoms with van der Waals surface area (Å²) in [6, 6.07) is 25.2. The summed E-state index contributed by atoms with van der Waals surface area (Å²) in [4.78, 5) is 22.8. The molecule has 8 rings (SSSR count). The number of aromatic nitrogens is 5. The number of hydrogen-bond donors (Lipinski definition) is 0. The molecule has 2 aromatic carbocycles. The molecule has 0 aliphatic carbocycles. The van der Waals surface area contributed by atoms with Crippen LogP contribution in [0.4, 0.5) is 5.82 Å². The second-order valence-corrected chi connectivity index (χ2v) is 11.8. The Bertz CT molecular complexity index is 1850. The molecule has 9 nitrogen and oxygen atoms in total. The van der Waals surface area contributed by atoms with Crippen LogP contribution >= 0.6 is 0 Å². The molecule has 0 N–H and O–H groups in total. The quantitative estimate of drug-likeness (QED) is 0.279. The van der Waals surface area contributed by atoms with Gasteiger partial charge in [-0.15, -0.1) is 0 Å². The third-order valence-corrected chi connectivity index (χ3v) is 9.04. The third-order valence-electron chi connectivity index (χ3n) is 9.04. The largest absolute Gasteiger partial charge is 0.472 e. The second-order valence-electron chi connectivity index (χ2n) is 11.8. The van der Waals surface area contributed by atoms with Crippen LogP contribution in [0.1, 0.15) is 24.2 Å². The highest BCUT2D eigenvalue weighted by atomic mass is 16.5. The zero-order valence-corrected chi connectivity index (χ0v) is 23.7. The van der Waals surface area contributed by atoms with E-state index >= 15 is 0 Å². The number of pyridine rings is 1. The molecule has 2 saturated heterocycles. The van der Waals surface area contributed by atoms with Crippen LogP contribution < -0.4 is 9.64 Å². The molecule has 212 valence electrons. The molecular weight excluding hydrogens is 536 g/mol. The van der Waals surface area contributed by atoms with Gasteiger partial charge in [0.15, 0.2) is 6.73 Å². The van der Waals surface area contributed by atoms with Gasteiger partial charge >= 0.3 is 0 Å². The van der Waals surface area contributed by atoms with Crippen molar-refractivity contribution in [3.8, 4) is 45.7 Å². The summed E-state index contributed by atoms with van der Waals surface area (Å²) in [5.74, 6) is 2.79. The lowest BCUT2D eigenvalue weighted by molar-refractivity contribution is 0.231. The van der Waals surface area contributed by atoms with Gasteiger partial charge in [0.2, 0.25) is 5.82 Å². The number of likely N-dealkylation sites (tertiary alicyclic amines) is 1. The van der Waals surface area contributed by atoms with Gasteiger partial charge in [0.1, 0.15) is 23.5 Å². The van der Waals surface area contributed by atoms with Gasteiger partial charge in [0.05, 0.1) is 17.0 Å². The van der Waals surface area contributed by atoms with Gasteiger partial charge in [-0.1, -0.05) is 54.6 Å². The lowest BCUT2D eigenvalue weighted by Crippen LogP contribution is -2.31. The number of anilines is 1. The van der Waals surface area contributed by atoms with Crippen molar-refractivity contribution in [2.24, 2.45) is 5.41 Å². The van der Waals surface area contributed by atoms with Gasteiger partial charge in [-0.25, -0.2) is 15.0 Å². The monoisotopic (exact) mass is 566 g/mol. The van der Waals surface area contributed by atoms with Gasteiger partial charge in [-0.2, -0.15) is 5.26 Å². The smallest absolute Gasteiger partial charge is 0.234 e. The molecule has 1 spiro atoms. The number of rotatable bonds is 5. The van der Waals surface area contributed by atoms with Gasteiger partial charge in [0, 0.05) is 61.3 Å². The minimum Gasteiger partial charge on any atom is -0.472 e. The van der Waals surface area contributed by atoms with Gasteiger partial charge in [-0.3, -0.25) is 14.5 Å². The number of hydrogen-bond acceptors (Lipinski definition) is 8. The zero-order chi connectivity index (χ0) is 28.8. The normalized spacial score (nSPS) is 19.2. The van der Waals surface area contributed by atoms with Crippen LogP contribution in [-0.4, -0.2) is 55.6 Å². The maximum Gasteiger partial charge on any atom is 0.234 e. The molecule has 0 bridgehead atoms. The van der Waals surface area contributed by atoms with Crippen molar-refractivity contribution >= 4 is 5.82 Å². The van der Waals surface area contributed by atoms with Crippen LogP contribution in [0.3, 0.4) is 0 Å². The Balaban J connectivity index is 1.02. The summed E-state index contributed by atoms with van der Waals surface area (Å²) < 4.78 is 8.24. The van der Waals surface area contributed by atoms with E-state index in [1.54, 1.807) is 12.4 Å². The van der Waals surface area contributed by atoms with Crippen LogP contribution in [0, 0.1) is 16.7 Å². The van der Waals surface area contributed by atoms with E-state index in [1.165, 1.54) is 12.0 Å².